The summed E-state index contributed by atoms with van der Waals surface area (Å²) in [6.45, 7) is 5.13. The molecule has 2 rings (SSSR count). The van der Waals surface area contributed by atoms with Crippen LogP contribution < -0.4 is 10.8 Å². The van der Waals surface area contributed by atoms with E-state index in [1.165, 1.54) is 12.1 Å². The van der Waals surface area contributed by atoms with Crippen LogP contribution in [0.25, 0.3) is 0 Å². The van der Waals surface area contributed by atoms with Crippen LogP contribution >= 0.6 is 27.7 Å². The molecule has 8 nitrogen and oxygen atoms in total. The summed E-state index contributed by atoms with van der Waals surface area (Å²) >= 11 is 4.76. The smallest absolute Gasteiger partial charge is 0.444 e. The van der Waals surface area contributed by atoms with Crippen LogP contribution in [0, 0.1) is 10.1 Å². The minimum atomic E-state index is -1.36. The first-order valence-corrected chi connectivity index (χ1v) is 10.4. The number of carbonyl (C=O) groups is 1. The molecule has 0 saturated carbocycles. The molecule has 0 atom stereocenters. The second-order valence-corrected chi connectivity index (χ2v) is 8.49. The third-order valence-electron chi connectivity index (χ3n) is 3.21. The summed E-state index contributed by atoms with van der Waals surface area (Å²) in [5.41, 5.74) is -0.232. The number of ether oxygens (including phenoxy) is 1. The molecule has 2 aromatic carbocycles. The van der Waals surface area contributed by atoms with E-state index in [-0.39, 0.29) is 11.4 Å². The van der Waals surface area contributed by atoms with Crippen molar-refractivity contribution in [2.45, 2.75) is 31.3 Å². The van der Waals surface area contributed by atoms with Gasteiger partial charge in [0.15, 0.2) is 0 Å². The quantitative estimate of drug-likeness (QED) is 0.261. The van der Waals surface area contributed by atoms with Gasteiger partial charge in [-0.05, 0) is 56.8 Å². The summed E-state index contributed by atoms with van der Waals surface area (Å²) in [5, 5.41) is 30.7. The van der Waals surface area contributed by atoms with Gasteiger partial charge in [0.1, 0.15) is 11.3 Å². The van der Waals surface area contributed by atoms with Crippen molar-refractivity contribution in [3.8, 4) is 0 Å². The van der Waals surface area contributed by atoms with E-state index >= 15 is 0 Å². The van der Waals surface area contributed by atoms with E-state index in [1.54, 1.807) is 50.7 Å². The highest BCUT2D eigenvalue weighted by Gasteiger charge is 2.20. The zero-order valence-corrected chi connectivity index (χ0v) is 18.8. The van der Waals surface area contributed by atoms with Crippen LogP contribution in [0.5, 0.6) is 0 Å². The van der Waals surface area contributed by atoms with Crippen molar-refractivity contribution in [1.29, 1.82) is 0 Å². The summed E-state index contributed by atoms with van der Waals surface area (Å²) in [7, 11) is -1.36. The number of benzene rings is 2. The van der Waals surface area contributed by atoms with Crippen LogP contribution in [0.4, 0.5) is 16.2 Å². The molecule has 0 aliphatic heterocycles. The molecule has 0 saturated heterocycles. The summed E-state index contributed by atoms with van der Waals surface area (Å²) in [4.78, 5) is 22.9. The minimum Gasteiger partial charge on any atom is -0.444 e. The summed E-state index contributed by atoms with van der Waals surface area (Å²) in [5.74, 6) is 0. The van der Waals surface area contributed by atoms with E-state index in [9.17, 15) is 14.9 Å². The van der Waals surface area contributed by atoms with E-state index in [2.05, 4.69) is 21.2 Å². The summed E-state index contributed by atoms with van der Waals surface area (Å²) in [6.07, 6.45) is 1.25. The van der Waals surface area contributed by atoms with Crippen LogP contribution in [0.3, 0.4) is 0 Å². The Kier molecular flexibility index (Phi) is 9.64. The molecule has 3 N–H and O–H groups in total. The molecule has 1 amide bonds. The first-order valence-electron chi connectivity index (χ1n) is 8.37. The summed E-state index contributed by atoms with van der Waals surface area (Å²) in [6, 6.07) is 11.5. The first-order chi connectivity index (χ1) is 13.4. The Labute approximate surface area is 182 Å². The number of nitrogens with zero attached hydrogens (tertiary/aromatic N) is 1. The highest BCUT2D eigenvalue weighted by atomic mass is 79.9. The molecule has 0 fully saturated rings. The molecule has 0 spiro atoms. The molecular formula is C18H22BBrN2O6S. The molecular weight excluding hydrogens is 463 g/mol. The maximum atomic E-state index is 11.5. The molecule has 0 aliphatic rings. The first kappa shape index (κ1) is 25.0. The fourth-order valence-corrected chi connectivity index (χ4v) is 2.71. The topological polar surface area (TPSA) is 122 Å². The highest BCUT2D eigenvalue weighted by Crippen LogP contribution is 2.28. The number of rotatable bonds is 4. The number of carbonyl (C=O) groups excluding carboxylic acids is 1. The molecule has 156 valence electrons. The van der Waals surface area contributed by atoms with Crippen molar-refractivity contribution in [3.63, 3.8) is 0 Å². The molecule has 0 aromatic heterocycles. The van der Waals surface area contributed by atoms with E-state index in [4.69, 9.17) is 14.8 Å². The average molecular weight is 485 g/mol. The van der Waals surface area contributed by atoms with E-state index in [1.807, 2.05) is 18.4 Å². The van der Waals surface area contributed by atoms with Gasteiger partial charge in [0.05, 0.1) is 4.92 Å². The van der Waals surface area contributed by atoms with E-state index in [0.717, 1.165) is 4.90 Å². The highest BCUT2D eigenvalue weighted by molar-refractivity contribution is 9.10. The fourth-order valence-electron chi connectivity index (χ4n) is 1.95. The Morgan fingerprint density at radius 2 is 1.79 bits per heavy atom. The number of anilines is 1. The van der Waals surface area contributed by atoms with Crippen LogP contribution in [-0.2, 0) is 4.74 Å². The van der Waals surface area contributed by atoms with Crippen molar-refractivity contribution in [2.24, 2.45) is 0 Å². The Morgan fingerprint density at radius 3 is 2.24 bits per heavy atom. The van der Waals surface area contributed by atoms with Crippen molar-refractivity contribution in [3.05, 3.63) is 57.1 Å². The number of amides is 1. The fraction of sp³-hybridized carbons (Fsp3) is 0.278. The number of nitro benzene ring substituents is 1. The van der Waals surface area contributed by atoms with Crippen molar-refractivity contribution in [2.75, 3.05) is 11.6 Å². The molecule has 0 aliphatic carbocycles. The van der Waals surface area contributed by atoms with Gasteiger partial charge in [-0.15, -0.1) is 11.8 Å². The SMILES string of the molecule is CC(C)(C)OC(=O)Nc1ccc(Br)cc1[N+](=O)[O-].CSc1ccc(B(O)O)cc1. The van der Waals surface area contributed by atoms with Crippen molar-refractivity contribution < 1.29 is 24.5 Å². The van der Waals surface area contributed by atoms with Crippen molar-refractivity contribution >= 4 is 57.7 Å². The number of hydrogen-bond acceptors (Lipinski definition) is 7. The monoisotopic (exact) mass is 484 g/mol. The van der Waals surface area contributed by atoms with Gasteiger partial charge in [-0.25, -0.2) is 4.79 Å². The number of nitro groups is 1. The van der Waals surface area contributed by atoms with Gasteiger partial charge in [0, 0.05) is 15.4 Å². The average Bonchev–Trinajstić information content (AvgIpc) is 2.62. The molecule has 0 heterocycles. The lowest BCUT2D eigenvalue weighted by Gasteiger charge is -2.19. The molecule has 11 heteroatoms. The van der Waals surface area contributed by atoms with Crippen molar-refractivity contribution in [1.82, 2.24) is 0 Å². The number of halogens is 1. The maximum absolute atomic E-state index is 11.5. The van der Waals surface area contributed by atoms with Gasteiger partial charge >= 0.3 is 13.2 Å². The largest absolute Gasteiger partial charge is 0.488 e. The summed E-state index contributed by atoms with van der Waals surface area (Å²) < 4.78 is 5.58. The standard InChI is InChI=1S/C11H13BrN2O4.C7H9BO2S/c1-11(2,3)18-10(15)13-8-5-4-7(12)6-9(8)14(16)17;1-11-7-4-2-6(3-5-7)8(9)10/h4-6H,1-3H3,(H,13,15);2-5,9-10H,1H3. The lowest BCUT2D eigenvalue weighted by molar-refractivity contribution is -0.384. The normalized spacial score (nSPS) is 10.4. The second-order valence-electron chi connectivity index (χ2n) is 6.69. The van der Waals surface area contributed by atoms with Crippen LogP contribution in [0.1, 0.15) is 20.8 Å². The van der Waals surface area contributed by atoms with Crippen LogP contribution in [0.2, 0.25) is 0 Å². The maximum Gasteiger partial charge on any atom is 0.488 e. The van der Waals surface area contributed by atoms with Gasteiger partial charge < -0.3 is 14.8 Å². The second kappa shape index (κ2) is 11.2. The molecule has 2 aromatic rings. The molecule has 0 unspecified atom stereocenters. The zero-order chi connectivity index (χ0) is 22.2. The predicted molar refractivity (Wildman–Crippen MR) is 119 cm³/mol. The number of nitrogens with one attached hydrogen (secondary N) is 1. The van der Waals surface area contributed by atoms with Gasteiger partial charge in [-0.1, -0.05) is 28.1 Å². The van der Waals surface area contributed by atoms with Gasteiger partial charge in [-0.3, -0.25) is 15.4 Å². The minimum absolute atomic E-state index is 0.0949. The van der Waals surface area contributed by atoms with E-state index in [0.29, 0.717) is 9.94 Å². The van der Waals surface area contributed by atoms with Gasteiger partial charge in [-0.2, -0.15) is 0 Å². The van der Waals surface area contributed by atoms with Crippen LogP contribution in [-0.4, -0.2) is 40.0 Å². The number of hydrogen-bond donors (Lipinski definition) is 3. The van der Waals surface area contributed by atoms with Crippen LogP contribution in [0.15, 0.2) is 51.8 Å². The lowest BCUT2D eigenvalue weighted by Crippen LogP contribution is -2.29. The third kappa shape index (κ3) is 9.31. The zero-order valence-electron chi connectivity index (χ0n) is 16.4. The Balaban J connectivity index is 0.000000326. The van der Waals surface area contributed by atoms with Gasteiger partial charge in [0.2, 0.25) is 0 Å². The van der Waals surface area contributed by atoms with E-state index < -0.39 is 23.7 Å². The lowest BCUT2D eigenvalue weighted by atomic mass is 9.81. The Bertz CT molecular complexity index is 843. The molecule has 0 radical (unpaired) electrons. The molecule has 0 bridgehead atoms. The molecule has 29 heavy (non-hydrogen) atoms. The van der Waals surface area contributed by atoms with Gasteiger partial charge in [0.25, 0.3) is 5.69 Å². The third-order valence-corrected chi connectivity index (χ3v) is 4.44. The number of thioether (sulfide) groups is 1. The predicted octanol–water partition coefficient (Wildman–Crippen LogP) is 3.79. The Hall–Kier alpha value is -2.08. The Morgan fingerprint density at radius 1 is 1.21 bits per heavy atom.